The van der Waals surface area contributed by atoms with Gasteiger partial charge in [-0.2, -0.15) is 4.99 Å². The average Bonchev–Trinajstić information content (AvgIpc) is 2.88. The lowest BCUT2D eigenvalue weighted by Gasteiger charge is -2.24. The fraction of sp³-hybridized carbons (Fsp3) is 0.538. The summed E-state index contributed by atoms with van der Waals surface area (Å²) in [7, 11) is 0. The molecule has 98 valence electrons. The van der Waals surface area contributed by atoms with Crippen LogP contribution in [0.1, 0.15) is 38.6 Å². The summed E-state index contributed by atoms with van der Waals surface area (Å²) >= 11 is 3.26. The largest absolute Gasteiger partial charge is 0.357 e. The molecular weight excluding hydrogens is 264 g/mol. The molecule has 1 unspecified atom stereocenters. The Labute approximate surface area is 116 Å². The van der Waals surface area contributed by atoms with E-state index in [2.05, 4.69) is 42.5 Å². The highest BCUT2D eigenvalue weighted by Crippen LogP contribution is 2.39. The Hall–Kier alpha value is -0.810. The standard InChI is InChI=1S/C13H18N2OS2/c1-8(2)13(4)11(16)15-12(18-13)14-9(3)10-6-5-7-17-10/h5-9H,1-4H3,(H,14,15,16)/t9-,13?/m0/s1. The zero-order valence-electron chi connectivity index (χ0n) is 11.1. The van der Waals surface area contributed by atoms with Crippen LogP contribution in [0.25, 0.3) is 0 Å². The van der Waals surface area contributed by atoms with Crippen LogP contribution in [-0.2, 0) is 4.79 Å². The van der Waals surface area contributed by atoms with Gasteiger partial charge in [0.25, 0.3) is 5.91 Å². The van der Waals surface area contributed by atoms with Crippen molar-refractivity contribution in [3.8, 4) is 0 Å². The molecule has 18 heavy (non-hydrogen) atoms. The van der Waals surface area contributed by atoms with Crippen molar-refractivity contribution in [2.24, 2.45) is 10.9 Å². The second-order valence-electron chi connectivity index (χ2n) is 4.97. The van der Waals surface area contributed by atoms with Gasteiger partial charge in [0, 0.05) is 4.88 Å². The summed E-state index contributed by atoms with van der Waals surface area (Å²) < 4.78 is -0.419. The molecular formula is C13H18N2OS2. The Morgan fingerprint density at radius 2 is 2.11 bits per heavy atom. The third-order valence-corrected chi connectivity index (χ3v) is 5.88. The van der Waals surface area contributed by atoms with Gasteiger partial charge in [0.1, 0.15) is 4.75 Å². The van der Waals surface area contributed by atoms with Crippen molar-refractivity contribution < 1.29 is 4.79 Å². The summed E-state index contributed by atoms with van der Waals surface area (Å²) in [6, 6.07) is 4.32. The monoisotopic (exact) mass is 282 g/mol. The van der Waals surface area contributed by atoms with E-state index in [0.29, 0.717) is 0 Å². The lowest BCUT2D eigenvalue weighted by atomic mass is 9.96. The van der Waals surface area contributed by atoms with Gasteiger partial charge in [-0.05, 0) is 31.2 Å². The molecule has 0 spiro atoms. The first-order valence-electron chi connectivity index (χ1n) is 6.05. The van der Waals surface area contributed by atoms with Crippen molar-refractivity contribution in [2.45, 2.75) is 38.5 Å². The summed E-state index contributed by atoms with van der Waals surface area (Å²) in [6.45, 7) is 8.18. The SMILES string of the molecule is CC(C)C1(C)SC(N[C@@H](C)c2cccs2)=NC1=O. The van der Waals surface area contributed by atoms with Crippen molar-refractivity contribution in [3.05, 3.63) is 22.4 Å². The van der Waals surface area contributed by atoms with Gasteiger partial charge >= 0.3 is 0 Å². The predicted octanol–water partition coefficient (Wildman–Crippen LogP) is 3.44. The van der Waals surface area contributed by atoms with E-state index in [9.17, 15) is 4.79 Å². The molecule has 1 aliphatic heterocycles. The van der Waals surface area contributed by atoms with Crippen molar-refractivity contribution in [3.63, 3.8) is 0 Å². The number of hydrogen-bond acceptors (Lipinski definition) is 4. The fourth-order valence-electron chi connectivity index (χ4n) is 1.69. The Bertz CT molecular complexity index is 467. The topological polar surface area (TPSA) is 41.5 Å². The van der Waals surface area contributed by atoms with E-state index >= 15 is 0 Å². The summed E-state index contributed by atoms with van der Waals surface area (Å²) in [5, 5.41) is 6.13. The molecule has 2 heterocycles. The number of thioether (sulfide) groups is 1. The minimum absolute atomic E-state index is 0.0246. The van der Waals surface area contributed by atoms with Crippen LogP contribution in [0.3, 0.4) is 0 Å². The number of carbonyl (C=O) groups excluding carboxylic acids is 1. The smallest absolute Gasteiger partial charge is 0.264 e. The molecule has 5 heteroatoms. The van der Waals surface area contributed by atoms with Crippen molar-refractivity contribution in [1.29, 1.82) is 0 Å². The number of thiophene rings is 1. The van der Waals surface area contributed by atoms with Crippen LogP contribution in [0.4, 0.5) is 0 Å². The first-order valence-corrected chi connectivity index (χ1v) is 7.75. The number of carbonyl (C=O) groups is 1. The summed E-state index contributed by atoms with van der Waals surface area (Å²) in [5.74, 6) is 0.249. The number of amidine groups is 1. The van der Waals surface area contributed by atoms with Gasteiger partial charge in [-0.3, -0.25) is 4.79 Å². The van der Waals surface area contributed by atoms with Gasteiger partial charge in [-0.25, -0.2) is 0 Å². The van der Waals surface area contributed by atoms with Crippen molar-refractivity contribution >= 4 is 34.2 Å². The lowest BCUT2D eigenvalue weighted by Crippen LogP contribution is -2.34. The van der Waals surface area contributed by atoms with E-state index in [0.717, 1.165) is 5.17 Å². The molecule has 0 aliphatic carbocycles. The number of nitrogens with zero attached hydrogens (tertiary/aromatic N) is 1. The van der Waals surface area contributed by atoms with E-state index in [1.807, 2.05) is 13.0 Å². The van der Waals surface area contributed by atoms with Gasteiger partial charge in [-0.15, -0.1) is 11.3 Å². The highest BCUT2D eigenvalue weighted by Gasteiger charge is 2.43. The molecule has 0 fully saturated rings. The highest BCUT2D eigenvalue weighted by molar-refractivity contribution is 8.16. The third kappa shape index (κ3) is 2.47. The quantitative estimate of drug-likeness (QED) is 0.923. The van der Waals surface area contributed by atoms with E-state index < -0.39 is 4.75 Å². The van der Waals surface area contributed by atoms with Crippen LogP contribution in [0.15, 0.2) is 22.5 Å². The predicted molar refractivity (Wildman–Crippen MR) is 79.1 cm³/mol. The minimum Gasteiger partial charge on any atom is -0.357 e. The van der Waals surface area contributed by atoms with Gasteiger partial charge in [0.05, 0.1) is 6.04 Å². The number of amides is 1. The molecule has 0 saturated carbocycles. The Morgan fingerprint density at radius 1 is 1.39 bits per heavy atom. The van der Waals surface area contributed by atoms with Gasteiger partial charge in [-0.1, -0.05) is 31.7 Å². The Morgan fingerprint density at radius 3 is 2.61 bits per heavy atom. The third-order valence-electron chi connectivity index (χ3n) is 3.35. The summed E-state index contributed by atoms with van der Waals surface area (Å²) in [6.07, 6.45) is 0. The average molecular weight is 282 g/mol. The fourth-order valence-corrected chi connectivity index (χ4v) is 3.56. The first-order chi connectivity index (χ1) is 8.43. The molecule has 0 bridgehead atoms. The van der Waals surface area contributed by atoms with Crippen molar-refractivity contribution in [1.82, 2.24) is 5.32 Å². The number of rotatable bonds is 3. The van der Waals surface area contributed by atoms with Crippen LogP contribution < -0.4 is 5.32 Å². The first kappa shape index (κ1) is 13.6. The van der Waals surface area contributed by atoms with Crippen LogP contribution >= 0.6 is 23.1 Å². The van der Waals surface area contributed by atoms with E-state index in [4.69, 9.17) is 0 Å². The molecule has 2 atom stereocenters. The zero-order valence-corrected chi connectivity index (χ0v) is 12.7. The van der Waals surface area contributed by atoms with Crippen LogP contribution in [0.2, 0.25) is 0 Å². The normalized spacial score (nSPS) is 25.4. The lowest BCUT2D eigenvalue weighted by molar-refractivity contribution is -0.120. The second kappa shape index (κ2) is 5.05. The van der Waals surface area contributed by atoms with Crippen LogP contribution in [0, 0.1) is 5.92 Å². The van der Waals surface area contributed by atoms with Crippen LogP contribution in [-0.4, -0.2) is 15.8 Å². The van der Waals surface area contributed by atoms with E-state index in [1.165, 1.54) is 4.88 Å². The number of aliphatic imine (C=N–C) groups is 1. The molecule has 0 aromatic carbocycles. The minimum atomic E-state index is -0.419. The summed E-state index contributed by atoms with van der Waals surface area (Å²) in [5.41, 5.74) is 0. The van der Waals surface area contributed by atoms with E-state index in [-0.39, 0.29) is 17.9 Å². The molecule has 2 rings (SSSR count). The number of nitrogens with one attached hydrogen (secondary N) is 1. The van der Waals surface area contributed by atoms with Gasteiger partial charge in [0.2, 0.25) is 0 Å². The molecule has 1 aromatic heterocycles. The Kier molecular flexibility index (Phi) is 3.82. The molecule has 3 nitrogen and oxygen atoms in total. The van der Waals surface area contributed by atoms with Gasteiger partial charge < -0.3 is 5.32 Å². The van der Waals surface area contributed by atoms with Crippen molar-refractivity contribution in [2.75, 3.05) is 0 Å². The van der Waals surface area contributed by atoms with E-state index in [1.54, 1.807) is 23.1 Å². The molecule has 1 aliphatic rings. The molecule has 0 saturated heterocycles. The molecule has 0 radical (unpaired) electrons. The summed E-state index contributed by atoms with van der Waals surface area (Å²) in [4.78, 5) is 17.4. The zero-order chi connectivity index (χ0) is 13.3. The maximum atomic E-state index is 12.0. The van der Waals surface area contributed by atoms with Crippen LogP contribution in [0.5, 0.6) is 0 Å². The molecule has 1 aromatic rings. The highest BCUT2D eigenvalue weighted by atomic mass is 32.2. The number of hydrogen-bond donors (Lipinski definition) is 1. The van der Waals surface area contributed by atoms with Gasteiger partial charge in [0.15, 0.2) is 5.17 Å². The second-order valence-corrected chi connectivity index (χ2v) is 7.39. The molecule has 1 N–H and O–H groups in total. The Balaban J connectivity index is 2.05. The maximum Gasteiger partial charge on any atom is 0.264 e. The molecule has 1 amide bonds. The maximum absolute atomic E-state index is 12.0.